The number of para-hydroxylation sites is 1. The Morgan fingerprint density at radius 2 is 1.88 bits per heavy atom. The summed E-state index contributed by atoms with van der Waals surface area (Å²) in [6.45, 7) is 1.02. The molecule has 5 heteroatoms. The van der Waals surface area contributed by atoms with Gasteiger partial charge in [-0.05, 0) is 26.0 Å². The summed E-state index contributed by atoms with van der Waals surface area (Å²) in [7, 11) is 5.22. The number of carbonyl (C=O) groups excluding carboxylic acids is 1. The summed E-state index contributed by atoms with van der Waals surface area (Å²) >= 11 is 0. The number of hydrogen-bond donors (Lipinski definition) is 1. The van der Waals surface area contributed by atoms with Gasteiger partial charge in [0.15, 0.2) is 11.5 Å². The first kappa shape index (κ1) is 18.6. The van der Waals surface area contributed by atoms with E-state index >= 15 is 0 Å². The average molecular weight is 334 g/mol. The van der Waals surface area contributed by atoms with Gasteiger partial charge in [0.1, 0.15) is 0 Å². The number of amides is 1. The lowest BCUT2D eigenvalue weighted by atomic mass is 10.1. The second kappa shape index (κ2) is 9.52. The first-order valence-corrected chi connectivity index (χ1v) is 8.81. The van der Waals surface area contributed by atoms with E-state index in [4.69, 9.17) is 9.47 Å². The number of nitrogens with one attached hydrogen (secondary N) is 1. The van der Waals surface area contributed by atoms with E-state index in [1.807, 2.05) is 30.1 Å². The van der Waals surface area contributed by atoms with Crippen LogP contribution in [0.3, 0.4) is 0 Å². The van der Waals surface area contributed by atoms with Gasteiger partial charge in [-0.3, -0.25) is 9.69 Å². The maximum absolute atomic E-state index is 12.3. The second-order valence-electron chi connectivity index (χ2n) is 6.58. The number of rotatable bonds is 7. The summed E-state index contributed by atoms with van der Waals surface area (Å²) in [4.78, 5) is 14.3. The lowest BCUT2D eigenvalue weighted by molar-refractivity contribution is -0.122. The van der Waals surface area contributed by atoms with Crippen molar-refractivity contribution in [1.82, 2.24) is 10.2 Å². The van der Waals surface area contributed by atoms with Crippen molar-refractivity contribution in [2.45, 2.75) is 51.1 Å². The van der Waals surface area contributed by atoms with E-state index in [1.165, 1.54) is 25.7 Å². The molecule has 1 aliphatic carbocycles. The molecule has 1 aromatic rings. The van der Waals surface area contributed by atoms with E-state index in [0.29, 0.717) is 24.9 Å². The molecule has 2 rings (SSSR count). The lowest BCUT2D eigenvalue weighted by Crippen LogP contribution is -2.40. The molecule has 134 valence electrons. The molecule has 0 aromatic heterocycles. The number of hydrogen-bond acceptors (Lipinski definition) is 4. The number of methoxy groups -OCH3 is 2. The third-order valence-electron chi connectivity index (χ3n) is 4.56. The molecular formula is C19H30N2O3. The van der Waals surface area contributed by atoms with Gasteiger partial charge in [-0.15, -0.1) is 0 Å². The van der Waals surface area contributed by atoms with Crippen LogP contribution in [0.4, 0.5) is 0 Å². The van der Waals surface area contributed by atoms with Gasteiger partial charge in [-0.25, -0.2) is 0 Å². The zero-order valence-corrected chi connectivity index (χ0v) is 15.1. The van der Waals surface area contributed by atoms with Crippen LogP contribution in [0.5, 0.6) is 11.5 Å². The van der Waals surface area contributed by atoms with Gasteiger partial charge < -0.3 is 14.8 Å². The maximum Gasteiger partial charge on any atom is 0.234 e. The van der Waals surface area contributed by atoms with Crippen LogP contribution in [0.1, 0.15) is 44.1 Å². The largest absolute Gasteiger partial charge is 0.493 e. The van der Waals surface area contributed by atoms with Crippen molar-refractivity contribution in [3.8, 4) is 11.5 Å². The predicted octanol–water partition coefficient (Wildman–Crippen LogP) is 2.97. The summed E-state index contributed by atoms with van der Waals surface area (Å²) in [5, 5.41) is 3.19. The normalized spacial score (nSPS) is 15.8. The van der Waals surface area contributed by atoms with E-state index in [1.54, 1.807) is 14.2 Å². The third kappa shape index (κ3) is 5.41. The molecule has 5 nitrogen and oxygen atoms in total. The molecule has 24 heavy (non-hydrogen) atoms. The Balaban J connectivity index is 1.88. The Labute approximate surface area is 145 Å². The Kier molecular flexibility index (Phi) is 7.37. The van der Waals surface area contributed by atoms with Crippen LogP contribution in [-0.4, -0.2) is 44.7 Å². The third-order valence-corrected chi connectivity index (χ3v) is 4.56. The van der Waals surface area contributed by atoms with Crippen molar-refractivity contribution in [2.24, 2.45) is 0 Å². The van der Waals surface area contributed by atoms with Crippen LogP contribution in [0, 0.1) is 0 Å². The molecule has 0 bridgehead atoms. The van der Waals surface area contributed by atoms with Crippen molar-refractivity contribution in [2.75, 3.05) is 27.8 Å². The highest BCUT2D eigenvalue weighted by Crippen LogP contribution is 2.31. The molecule has 1 saturated carbocycles. The number of benzene rings is 1. The second-order valence-corrected chi connectivity index (χ2v) is 6.58. The highest BCUT2D eigenvalue weighted by Gasteiger charge is 2.17. The smallest absolute Gasteiger partial charge is 0.234 e. The molecule has 1 aliphatic rings. The molecule has 0 spiro atoms. The van der Waals surface area contributed by atoms with Crippen molar-refractivity contribution in [3.05, 3.63) is 23.8 Å². The zero-order valence-electron chi connectivity index (χ0n) is 15.1. The Morgan fingerprint density at radius 1 is 1.17 bits per heavy atom. The van der Waals surface area contributed by atoms with Crippen molar-refractivity contribution in [3.63, 3.8) is 0 Å². The van der Waals surface area contributed by atoms with Crippen LogP contribution >= 0.6 is 0 Å². The fraction of sp³-hybridized carbons (Fsp3) is 0.632. The average Bonchev–Trinajstić information content (AvgIpc) is 2.82. The first-order valence-electron chi connectivity index (χ1n) is 8.81. The quantitative estimate of drug-likeness (QED) is 0.779. The minimum Gasteiger partial charge on any atom is -0.493 e. The van der Waals surface area contributed by atoms with Gasteiger partial charge >= 0.3 is 0 Å². The minimum absolute atomic E-state index is 0.103. The molecule has 1 aromatic carbocycles. The monoisotopic (exact) mass is 334 g/mol. The summed E-state index contributed by atoms with van der Waals surface area (Å²) in [6, 6.07) is 6.16. The van der Waals surface area contributed by atoms with Gasteiger partial charge in [-0.2, -0.15) is 0 Å². The van der Waals surface area contributed by atoms with Gasteiger partial charge in [-0.1, -0.05) is 37.8 Å². The first-order chi connectivity index (χ1) is 11.6. The summed E-state index contributed by atoms with van der Waals surface area (Å²) < 4.78 is 10.8. The van der Waals surface area contributed by atoms with Crippen LogP contribution in [0.25, 0.3) is 0 Å². The van der Waals surface area contributed by atoms with Crippen LogP contribution in [-0.2, 0) is 11.3 Å². The topological polar surface area (TPSA) is 50.8 Å². The van der Waals surface area contributed by atoms with Crippen LogP contribution in [0.15, 0.2) is 18.2 Å². The number of nitrogens with zero attached hydrogens (tertiary/aromatic N) is 1. The van der Waals surface area contributed by atoms with E-state index < -0.39 is 0 Å². The number of ether oxygens (including phenoxy) is 2. The number of carbonyl (C=O) groups is 1. The highest BCUT2D eigenvalue weighted by molar-refractivity contribution is 5.78. The summed E-state index contributed by atoms with van der Waals surface area (Å²) in [5.41, 5.74) is 1.02. The van der Waals surface area contributed by atoms with Crippen molar-refractivity contribution >= 4 is 5.91 Å². The van der Waals surface area contributed by atoms with Crippen LogP contribution in [0.2, 0.25) is 0 Å². The van der Waals surface area contributed by atoms with Gasteiger partial charge in [0.25, 0.3) is 0 Å². The Bertz CT molecular complexity index is 525. The molecule has 0 radical (unpaired) electrons. The summed E-state index contributed by atoms with van der Waals surface area (Å²) in [6.07, 6.45) is 7.26. The lowest BCUT2D eigenvalue weighted by Gasteiger charge is -2.21. The van der Waals surface area contributed by atoms with Gasteiger partial charge in [0.2, 0.25) is 5.91 Å². The van der Waals surface area contributed by atoms with E-state index in [-0.39, 0.29) is 5.91 Å². The predicted molar refractivity (Wildman–Crippen MR) is 95.5 cm³/mol. The van der Waals surface area contributed by atoms with Crippen molar-refractivity contribution < 1.29 is 14.3 Å². The number of likely N-dealkylation sites (N-methyl/N-ethyl adjacent to an activating group) is 1. The minimum atomic E-state index is 0.103. The molecule has 1 N–H and O–H groups in total. The standard InChI is InChI=1S/C19H30N2O3/c1-21(13-15-9-8-12-17(23-2)19(15)24-3)14-18(22)20-16-10-6-4-5-7-11-16/h8-9,12,16H,4-7,10-11,13-14H2,1-3H3,(H,20,22). The zero-order chi connectivity index (χ0) is 17.4. The maximum atomic E-state index is 12.3. The van der Waals surface area contributed by atoms with E-state index in [0.717, 1.165) is 24.2 Å². The molecule has 0 aliphatic heterocycles. The van der Waals surface area contributed by atoms with Gasteiger partial charge in [0, 0.05) is 18.2 Å². The molecule has 0 heterocycles. The molecule has 1 amide bonds. The highest BCUT2D eigenvalue weighted by atomic mass is 16.5. The molecule has 1 fully saturated rings. The summed E-state index contributed by atoms with van der Waals surface area (Å²) in [5.74, 6) is 1.55. The fourth-order valence-electron chi connectivity index (χ4n) is 3.37. The molecule has 0 unspecified atom stereocenters. The molecule has 0 saturated heterocycles. The van der Waals surface area contributed by atoms with Gasteiger partial charge in [0.05, 0.1) is 20.8 Å². The van der Waals surface area contributed by atoms with Crippen molar-refractivity contribution in [1.29, 1.82) is 0 Å². The van der Waals surface area contributed by atoms with E-state index in [2.05, 4.69) is 5.32 Å². The SMILES string of the molecule is COc1cccc(CN(C)CC(=O)NC2CCCCCC2)c1OC. The van der Waals surface area contributed by atoms with E-state index in [9.17, 15) is 4.79 Å². The van der Waals surface area contributed by atoms with Crippen LogP contribution < -0.4 is 14.8 Å². The fourth-order valence-corrected chi connectivity index (χ4v) is 3.37. The Morgan fingerprint density at radius 3 is 2.50 bits per heavy atom. The molecular weight excluding hydrogens is 304 g/mol. The Hall–Kier alpha value is -1.75. The molecule has 0 atom stereocenters.